The Labute approximate surface area is 164 Å². The van der Waals surface area contributed by atoms with Crippen molar-refractivity contribution in [3.8, 4) is 0 Å². The van der Waals surface area contributed by atoms with Gasteiger partial charge in [-0.15, -0.1) is 0 Å². The zero-order valence-electron chi connectivity index (χ0n) is 15.9. The lowest BCUT2D eigenvalue weighted by Crippen LogP contribution is -2.22. The van der Waals surface area contributed by atoms with Gasteiger partial charge in [0.2, 0.25) is 0 Å². The average Bonchev–Trinajstić information content (AvgIpc) is 3.45. The van der Waals surface area contributed by atoms with Crippen LogP contribution in [-0.2, 0) is 24.2 Å². The summed E-state index contributed by atoms with van der Waals surface area (Å²) in [5.41, 5.74) is 5.82. The number of hydrogen-bond acceptors (Lipinski definition) is 5. The largest absolute Gasteiger partial charge is 0.358 e. The molecule has 1 N–H and O–H groups in total. The highest BCUT2D eigenvalue weighted by Gasteiger charge is 2.27. The number of aromatic nitrogens is 3. The average molecular weight is 376 g/mol. The molecule has 1 saturated heterocycles. The Hall–Kier alpha value is -2.80. The topological polar surface area (TPSA) is 77.5 Å². The van der Waals surface area contributed by atoms with Crippen LogP contribution in [0.3, 0.4) is 0 Å². The number of amides is 1. The maximum atomic E-state index is 12.8. The van der Waals surface area contributed by atoms with E-state index in [-0.39, 0.29) is 5.91 Å². The molecule has 0 unspecified atom stereocenters. The van der Waals surface area contributed by atoms with Gasteiger partial charge in [-0.1, -0.05) is 0 Å². The monoisotopic (exact) mass is 376 g/mol. The minimum absolute atomic E-state index is 0.166. The fourth-order valence-corrected chi connectivity index (χ4v) is 4.41. The first-order chi connectivity index (χ1) is 13.8. The van der Waals surface area contributed by atoms with Crippen molar-refractivity contribution in [2.75, 3.05) is 18.1 Å². The molecule has 144 valence electrons. The van der Waals surface area contributed by atoms with Crippen molar-refractivity contribution in [2.45, 2.75) is 45.1 Å². The molecule has 7 nitrogen and oxygen atoms in total. The Bertz CT molecular complexity index is 939. The SMILES string of the molecule is O=C1C(=Cc2[nH]c3c(c2CN2CCCC2)CCCC3)C=NN1c1cnccn1. The summed E-state index contributed by atoms with van der Waals surface area (Å²) in [6, 6.07) is 0. The number of fused-ring (bicyclic) bond motifs is 1. The molecular formula is C21H24N6O. The fraction of sp³-hybridized carbons (Fsp3) is 0.429. The van der Waals surface area contributed by atoms with E-state index in [1.54, 1.807) is 24.8 Å². The van der Waals surface area contributed by atoms with Crippen LogP contribution in [0.15, 0.2) is 29.3 Å². The zero-order chi connectivity index (χ0) is 18.9. The van der Waals surface area contributed by atoms with Gasteiger partial charge in [0, 0.05) is 30.3 Å². The summed E-state index contributed by atoms with van der Waals surface area (Å²) in [5.74, 6) is 0.274. The maximum Gasteiger partial charge on any atom is 0.281 e. The molecule has 7 heteroatoms. The van der Waals surface area contributed by atoms with E-state index in [0.717, 1.165) is 38.2 Å². The normalized spacial score (nSPS) is 21.1. The second kappa shape index (κ2) is 7.31. The van der Waals surface area contributed by atoms with Crippen molar-refractivity contribution >= 4 is 24.0 Å². The third kappa shape index (κ3) is 3.16. The molecule has 0 spiro atoms. The Balaban J connectivity index is 1.47. The highest BCUT2D eigenvalue weighted by Crippen LogP contribution is 2.31. The first kappa shape index (κ1) is 17.3. The first-order valence-electron chi connectivity index (χ1n) is 10.1. The number of rotatable bonds is 4. The van der Waals surface area contributed by atoms with Crippen molar-refractivity contribution in [1.29, 1.82) is 0 Å². The summed E-state index contributed by atoms with van der Waals surface area (Å²) in [7, 11) is 0. The van der Waals surface area contributed by atoms with Gasteiger partial charge in [-0.05, 0) is 68.8 Å². The van der Waals surface area contributed by atoms with Crippen LogP contribution in [0.2, 0.25) is 0 Å². The lowest BCUT2D eigenvalue weighted by molar-refractivity contribution is -0.114. The molecule has 2 aliphatic heterocycles. The van der Waals surface area contributed by atoms with Gasteiger partial charge in [0.15, 0.2) is 5.82 Å². The molecule has 0 saturated carbocycles. The van der Waals surface area contributed by atoms with Crippen molar-refractivity contribution in [3.63, 3.8) is 0 Å². The summed E-state index contributed by atoms with van der Waals surface area (Å²) in [6.45, 7) is 3.29. The number of hydrazone groups is 1. The number of aryl methyl sites for hydroxylation is 1. The number of likely N-dealkylation sites (tertiary alicyclic amines) is 1. The summed E-state index contributed by atoms with van der Waals surface area (Å²) in [5, 5.41) is 5.55. The second-order valence-electron chi connectivity index (χ2n) is 7.69. The number of nitrogens with one attached hydrogen (secondary N) is 1. The molecular weight excluding hydrogens is 352 g/mol. The third-order valence-corrected chi connectivity index (χ3v) is 5.84. The standard InChI is InChI=1S/C21H24N6O/c28-21-15(12-24-27(21)20-13-22-7-8-23-20)11-19-17(14-26-9-3-4-10-26)16-5-1-2-6-18(16)25-19/h7-8,11-13,25H,1-6,9-10,14H2. The van der Waals surface area contributed by atoms with Crippen molar-refractivity contribution in [2.24, 2.45) is 5.10 Å². The third-order valence-electron chi connectivity index (χ3n) is 5.84. The van der Waals surface area contributed by atoms with Crippen LogP contribution >= 0.6 is 0 Å². The molecule has 3 aliphatic rings. The molecule has 0 radical (unpaired) electrons. The van der Waals surface area contributed by atoms with Gasteiger partial charge in [0.05, 0.1) is 18.0 Å². The molecule has 5 rings (SSSR count). The van der Waals surface area contributed by atoms with Crippen LogP contribution in [0.4, 0.5) is 5.82 Å². The van der Waals surface area contributed by atoms with Crippen LogP contribution in [0.5, 0.6) is 0 Å². The smallest absolute Gasteiger partial charge is 0.281 e. The van der Waals surface area contributed by atoms with E-state index >= 15 is 0 Å². The van der Waals surface area contributed by atoms with Crippen LogP contribution in [0.1, 0.15) is 48.2 Å². The fourth-order valence-electron chi connectivity index (χ4n) is 4.41. The number of anilines is 1. The predicted molar refractivity (Wildman–Crippen MR) is 108 cm³/mol. The van der Waals surface area contributed by atoms with Crippen molar-refractivity contribution in [3.05, 3.63) is 46.7 Å². The molecule has 2 aromatic rings. The highest BCUT2D eigenvalue weighted by atomic mass is 16.2. The van der Waals surface area contributed by atoms with Gasteiger partial charge in [0.25, 0.3) is 5.91 Å². The van der Waals surface area contributed by atoms with Gasteiger partial charge in [0.1, 0.15) is 0 Å². The molecule has 1 aliphatic carbocycles. The van der Waals surface area contributed by atoms with E-state index in [0.29, 0.717) is 11.4 Å². The maximum absolute atomic E-state index is 12.8. The van der Waals surface area contributed by atoms with E-state index in [9.17, 15) is 4.79 Å². The van der Waals surface area contributed by atoms with Crippen LogP contribution < -0.4 is 5.01 Å². The Kier molecular flexibility index (Phi) is 4.52. The molecule has 0 atom stereocenters. The van der Waals surface area contributed by atoms with E-state index in [1.807, 2.05) is 6.08 Å². The van der Waals surface area contributed by atoms with E-state index in [2.05, 4.69) is 25.0 Å². The van der Waals surface area contributed by atoms with Crippen molar-refractivity contribution < 1.29 is 4.79 Å². The second-order valence-corrected chi connectivity index (χ2v) is 7.69. The van der Waals surface area contributed by atoms with E-state index in [1.165, 1.54) is 47.5 Å². The molecule has 4 heterocycles. The minimum atomic E-state index is -0.166. The van der Waals surface area contributed by atoms with Crippen molar-refractivity contribution in [1.82, 2.24) is 19.9 Å². The molecule has 0 bridgehead atoms. The number of carbonyl (C=O) groups excluding carboxylic acids is 1. The highest BCUT2D eigenvalue weighted by molar-refractivity contribution is 6.25. The summed E-state index contributed by atoms with van der Waals surface area (Å²) in [6.07, 6.45) is 15.5. The van der Waals surface area contributed by atoms with Gasteiger partial charge in [-0.3, -0.25) is 14.7 Å². The Morgan fingerprint density at radius 3 is 2.79 bits per heavy atom. The summed E-state index contributed by atoms with van der Waals surface area (Å²) in [4.78, 5) is 27.2. The summed E-state index contributed by atoms with van der Waals surface area (Å²) >= 11 is 0. The number of H-pyrrole nitrogens is 1. The van der Waals surface area contributed by atoms with E-state index < -0.39 is 0 Å². The van der Waals surface area contributed by atoms with Gasteiger partial charge in [-0.2, -0.15) is 10.1 Å². The van der Waals surface area contributed by atoms with Crippen LogP contribution in [0.25, 0.3) is 6.08 Å². The van der Waals surface area contributed by atoms with Gasteiger partial charge >= 0.3 is 0 Å². The van der Waals surface area contributed by atoms with Crippen LogP contribution in [0, 0.1) is 0 Å². The minimum Gasteiger partial charge on any atom is -0.358 e. The first-order valence-corrected chi connectivity index (χ1v) is 10.1. The lowest BCUT2D eigenvalue weighted by atomic mass is 9.94. The molecule has 0 aromatic carbocycles. The number of nitrogens with zero attached hydrogens (tertiary/aromatic N) is 5. The van der Waals surface area contributed by atoms with E-state index in [4.69, 9.17) is 0 Å². The van der Waals surface area contributed by atoms with Gasteiger partial charge in [-0.25, -0.2) is 4.98 Å². The molecule has 2 aromatic heterocycles. The summed E-state index contributed by atoms with van der Waals surface area (Å²) < 4.78 is 0. The molecule has 28 heavy (non-hydrogen) atoms. The number of carbonyl (C=O) groups is 1. The Morgan fingerprint density at radius 1 is 1.11 bits per heavy atom. The number of hydrogen-bond donors (Lipinski definition) is 1. The van der Waals surface area contributed by atoms with Gasteiger partial charge < -0.3 is 4.98 Å². The number of aromatic amines is 1. The lowest BCUT2D eigenvalue weighted by Gasteiger charge is -2.18. The quantitative estimate of drug-likeness (QED) is 0.833. The molecule has 1 fully saturated rings. The van der Waals surface area contributed by atoms with Crippen LogP contribution in [-0.4, -0.2) is 45.1 Å². The predicted octanol–water partition coefficient (Wildman–Crippen LogP) is 2.70. The zero-order valence-corrected chi connectivity index (χ0v) is 15.9. The Morgan fingerprint density at radius 2 is 1.96 bits per heavy atom. The molecule has 1 amide bonds.